The van der Waals surface area contributed by atoms with E-state index >= 15 is 0 Å². The molecule has 2 fully saturated rings. The van der Waals surface area contributed by atoms with Crippen LogP contribution in [0.1, 0.15) is 38.2 Å². The van der Waals surface area contributed by atoms with Crippen molar-refractivity contribution in [3.63, 3.8) is 0 Å². The highest BCUT2D eigenvalue weighted by Gasteiger charge is 2.30. The van der Waals surface area contributed by atoms with Gasteiger partial charge in [-0.1, -0.05) is 60.6 Å². The van der Waals surface area contributed by atoms with Crippen LogP contribution in [-0.4, -0.2) is 54.1 Å². The molecule has 3 aromatic rings. The van der Waals surface area contributed by atoms with Gasteiger partial charge in [0, 0.05) is 38.3 Å². The van der Waals surface area contributed by atoms with Crippen molar-refractivity contribution in [1.29, 1.82) is 0 Å². The number of nitrogens with zero attached hydrogens (tertiary/aromatic N) is 3. The maximum Gasteiger partial charge on any atom is 0.232 e. The van der Waals surface area contributed by atoms with Crippen LogP contribution in [0, 0.1) is 11.8 Å². The number of piperidine rings is 1. The highest BCUT2D eigenvalue weighted by molar-refractivity contribution is 5.68. The van der Waals surface area contributed by atoms with E-state index in [1.165, 1.54) is 25.7 Å². The topological polar surface area (TPSA) is 62.0 Å². The molecule has 6 heteroatoms. The molecule has 5 rings (SSSR count). The van der Waals surface area contributed by atoms with Crippen LogP contribution in [-0.2, 0) is 6.54 Å². The molecule has 2 aliphatic rings. The molecule has 1 saturated heterocycles. The Balaban J connectivity index is 1.34. The van der Waals surface area contributed by atoms with Crippen molar-refractivity contribution in [3.05, 3.63) is 66.2 Å². The van der Waals surface area contributed by atoms with Gasteiger partial charge >= 0.3 is 0 Å². The highest BCUT2D eigenvalue weighted by Crippen LogP contribution is 2.36. The van der Waals surface area contributed by atoms with E-state index in [0.29, 0.717) is 19.0 Å². The second kappa shape index (κ2) is 11.3. The van der Waals surface area contributed by atoms with E-state index in [9.17, 15) is 5.11 Å². The lowest BCUT2D eigenvalue weighted by atomic mass is 9.98. The number of benzene rings is 2. The molecule has 0 bridgehead atoms. The quantitative estimate of drug-likeness (QED) is 0.410. The van der Waals surface area contributed by atoms with Crippen molar-refractivity contribution in [2.45, 2.75) is 45.3 Å². The number of hydrogen-bond donors (Lipinski definition) is 1. The summed E-state index contributed by atoms with van der Waals surface area (Å²) in [7, 11) is 0. The summed E-state index contributed by atoms with van der Waals surface area (Å²) < 4.78 is 11.8. The van der Waals surface area contributed by atoms with Crippen LogP contribution in [0.4, 0.5) is 5.88 Å². The van der Waals surface area contributed by atoms with Crippen molar-refractivity contribution in [2.24, 2.45) is 11.8 Å². The Bertz CT molecular complexity index is 1040. The van der Waals surface area contributed by atoms with Gasteiger partial charge in [0.05, 0.1) is 5.56 Å². The summed E-state index contributed by atoms with van der Waals surface area (Å²) in [5, 5.41) is 15.4. The summed E-state index contributed by atoms with van der Waals surface area (Å²) in [5.74, 6) is 3.13. The number of ether oxygens (including phenoxy) is 1. The zero-order chi connectivity index (χ0) is 24.0. The fourth-order valence-electron chi connectivity index (χ4n) is 4.88. The Morgan fingerprint density at radius 3 is 2.40 bits per heavy atom. The molecule has 35 heavy (non-hydrogen) atoms. The van der Waals surface area contributed by atoms with Gasteiger partial charge in [-0.05, 0) is 49.7 Å². The van der Waals surface area contributed by atoms with Gasteiger partial charge in [-0.25, -0.2) is 0 Å². The first-order valence-electron chi connectivity index (χ1n) is 13.0. The Kier molecular flexibility index (Phi) is 7.69. The predicted molar refractivity (Wildman–Crippen MR) is 138 cm³/mol. The highest BCUT2D eigenvalue weighted by atomic mass is 16.5. The molecule has 1 aliphatic heterocycles. The van der Waals surface area contributed by atoms with Gasteiger partial charge in [-0.2, -0.15) is 0 Å². The molecule has 1 aromatic heterocycles. The van der Waals surface area contributed by atoms with Crippen LogP contribution in [0.5, 0.6) is 5.75 Å². The minimum atomic E-state index is -0.576. The average molecular weight is 476 g/mol. The van der Waals surface area contributed by atoms with Crippen molar-refractivity contribution >= 4 is 5.88 Å². The van der Waals surface area contributed by atoms with Gasteiger partial charge in [0.2, 0.25) is 5.88 Å². The molecule has 0 radical (unpaired) electrons. The lowest BCUT2D eigenvalue weighted by Gasteiger charge is -2.31. The molecule has 1 saturated carbocycles. The standard InChI is InChI=1S/C29H37N3O3/c1-22-14-16-32(17-15-22)29-27(28(30-35-29)24-8-4-2-5-9-24)20-31(18-23-12-13-23)19-25(33)21-34-26-10-6-3-7-11-26/h2-11,22-23,25,33H,12-21H2,1H3/t25-/m0/s1. The van der Waals surface area contributed by atoms with Crippen LogP contribution >= 0.6 is 0 Å². The molecule has 6 nitrogen and oxygen atoms in total. The van der Waals surface area contributed by atoms with E-state index in [1.54, 1.807) is 0 Å². The van der Waals surface area contributed by atoms with E-state index < -0.39 is 6.10 Å². The van der Waals surface area contributed by atoms with Gasteiger partial charge in [0.1, 0.15) is 24.2 Å². The number of aliphatic hydroxyl groups excluding tert-OH is 1. The van der Waals surface area contributed by atoms with Crippen LogP contribution in [0.2, 0.25) is 0 Å². The maximum atomic E-state index is 10.9. The summed E-state index contributed by atoms with van der Waals surface area (Å²) in [6.07, 6.45) is 4.29. The lowest BCUT2D eigenvalue weighted by Crippen LogP contribution is -2.37. The van der Waals surface area contributed by atoms with Gasteiger partial charge in [0.15, 0.2) is 0 Å². The first-order valence-corrected chi connectivity index (χ1v) is 13.0. The summed E-state index contributed by atoms with van der Waals surface area (Å²) in [6.45, 7) is 6.81. The minimum Gasteiger partial charge on any atom is -0.491 e. The summed E-state index contributed by atoms with van der Waals surface area (Å²) in [6, 6.07) is 20.0. The maximum absolute atomic E-state index is 10.9. The van der Waals surface area contributed by atoms with E-state index in [-0.39, 0.29) is 6.61 Å². The van der Waals surface area contributed by atoms with E-state index in [1.807, 2.05) is 48.5 Å². The van der Waals surface area contributed by atoms with Gasteiger partial charge in [-0.15, -0.1) is 0 Å². The zero-order valence-electron chi connectivity index (χ0n) is 20.7. The third kappa shape index (κ3) is 6.44. The van der Waals surface area contributed by atoms with Crippen LogP contribution in [0.3, 0.4) is 0 Å². The van der Waals surface area contributed by atoms with Gasteiger partial charge in [0.25, 0.3) is 0 Å². The van der Waals surface area contributed by atoms with Crippen molar-refractivity contribution < 1.29 is 14.4 Å². The fraction of sp³-hybridized carbons (Fsp3) is 0.483. The molecule has 1 N–H and O–H groups in total. The number of hydrogen-bond acceptors (Lipinski definition) is 6. The number of anilines is 1. The first-order chi connectivity index (χ1) is 17.2. The molecule has 2 heterocycles. The van der Waals surface area contributed by atoms with Crippen molar-refractivity contribution in [3.8, 4) is 17.0 Å². The zero-order valence-corrected chi connectivity index (χ0v) is 20.7. The molecular formula is C29H37N3O3. The second-order valence-corrected chi connectivity index (χ2v) is 10.3. The Hall–Kier alpha value is -2.83. The third-order valence-corrected chi connectivity index (χ3v) is 7.14. The van der Waals surface area contributed by atoms with Gasteiger partial charge < -0.3 is 19.3 Å². The molecule has 0 unspecified atom stereocenters. The normalized spacial score (nSPS) is 17.6. The number of para-hydroxylation sites is 1. The lowest BCUT2D eigenvalue weighted by molar-refractivity contribution is 0.0639. The SMILES string of the molecule is CC1CCN(c2onc(-c3ccccc3)c2CN(CC2CC2)C[C@H](O)COc2ccccc2)CC1. The second-order valence-electron chi connectivity index (χ2n) is 10.3. The summed E-state index contributed by atoms with van der Waals surface area (Å²) in [5.41, 5.74) is 3.11. The Morgan fingerprint density at radius 1 is 1.03 bits per heavy atom. The molecule has 1 aliphatic carbocycles. The van der Waals surface area contributed by atoms with Crippen LogP contribution in [0.25, 0.3) is 11.3 Å². The number of aromatic nitrogens is 1. The average Bonchev–Trinajstić information content (AvgIpc) is 3.61. The van der Waals surface area contributed by atoms with Crippen LogP contribution < -0.4 is 9.64 Å². The van der Waals surface area contributed by atoms with E-state index in [4.69, 9.17) is 9.26 Å². The van der Waals surface area contributed by atoms with Gasteiger partial charge in [-0.3, -0.25) is 4.90 Å². The van der Waals surface area contributed by atoms with Crippen LogP contribution in [0.15, 0.2) is 65.2 Å². The summed E-state index contributed by atoms with van der Waals surface area (Å²) >= 11 is 0. The molecule has 0 spiro atoms. The van der Waals surface area contributed by atoms with Crippen molar-refractivity contribution in [2.75, 3.05) is 37.7 Å². The van der Waals surface area contributed by atoms with Crippen molar-refractivity contribution in [1.82, 2.24) is 10.1 Å². The minimum absolute atomic E-state index is 0.275. The number of rotatable bonds is 11. The molecule has 186 valence electrons. The largest absolute Gasteiger partial charge is 0.491 e. The number of aliphatic hydroxyl groups is 1. The smallest absolute Gasteiger partial charge is 0.232 e. The Labute approximate surface area is 208 Å². The summed E-state index contributed by atoms with van der Waals surface area (Å²) in [4.78, 5) is 4.73. The van der Waals surface area contributed by atoms with E-state index in [2.05, 4.69) is 34.0 Å². The first kappa shape index (κ1) is 23.9. The molecule has 0 amide bonds. The fourth-order valence-corrected chi connectivity index (χ4v) is 4.88. The third-order valence-electron chi connectivity index (χ3n) is 7.14. The Morgan fingerprint density at radius 2 is 1.71 bits per heavy atom. The monoisotopic (exact) mass is 475 g/mol. The molecule has 2 aromatic carbocycles. The predicted octanol–water partition coefficient (Wildman–Crippen LogP) is 5.23. The molecule has 1 atom stereocenters. The molecular weight excluding hydrogens is 438 g/mol. The van der Waals surface area contributed by atoms with E-state index in [0.717, 1.165) is 54.0 Å².